The molecule has 1 aromatic carbocycles. The fraction of sp³-hybridized carbons (Fsp3) is 0.588. The number of nitrogens with zero attached hydrogens (tertiary/aromatic N) is 1. The summed E-state index contributed by atoms with van der Waals surface area (Å²) in [6.45, 7) is 5.35. The van der Waals surface area contributed by atoms with Gasteiger partial charge in [0.05, 0.1) is 5.60 Å². The van der Waals surface area contributed by atoms with Crippen LogP contribution >= 0.6 is 0 Å². The Balaban J connectivity index is 1.93. The number of hydrogen-bond acceptors (Lipinski definition) is 2. The van der Waals surface area contributed by atoms with Crippen LogP contribution < -0.4 is 10.6 Å². The SMILES string of the molecule is CN=C(NCC(C)(C)OC)NCC1(c2ccccc2F)CC1. The standard InChI is InChI=1S/C17H26FN3O/c1-16(2,22-4)11-20-15(19-3)21-12-17(9-10-17)13-7-5-6-8-14(13)18/h5-8H,9-12H2,1-4H3,(H2,19,20,21). The summed E-state index contributed by atoms with van der Waals surface area (Å²) >= 11 is 0. The number of aliphatic imine (C=N–C) groups is 1. The molecule has 1 aliphatic carbocycles. The molecule has 0 aliphatic heterocycles. The van der Waals surface area contributed by atoms with Gasteiger partial charge in [-0.1, -0.05) is 18.2 Å². The molecule has 0 unspecified atom stereocenters. The first-order chi connectivity index (χ1) is 10.4. The van der Waals surface area contributed by atoms with Crippen molar-refractivity contribution in [2.45, 2.75) is 37.7 Å². The maximum atomic E-state index is 14.0. The van der Waals surface area contributed by atoms with E-state index in [1.54, 1.807) is 20.2 Å². The number of rotatable bonds is 6. The summed E-state index contributed by atoms with van der Waals surface area (Å²) in [5.41, 5.74) is 0.440. The lowest BCUT2D eigenvalue weighted by Gasteiger charge is -2.25. The molecule has 1 aliphatic rings. The molecule has 0 atom stereocenters. The fourth-order valence-electron chi connectivity index (χ4n) is 2.43. The summed E-state index contributed by atoms with van der Waals surface area (Å²) in [4.78, 5) is 4.22. The molecule has 0 aromatic heterocycles. The van der Waals surface area contributed by atoms with Gasteiger partial charge < -0.3 is 15.4 Å². The number of hydrogen-bond donors (Lipinski definition) is 2. The summed E-state index contributed by atoms with van der Waals surface area (Å²) in [6.07, 6.45) is 2.00. The Morgan fingerprint density at radius 3 is 2.55 bits per heavy atom. The van der Waals surface area contributed by atoms with Crippen LogP contribution in [-0.2, 0) is 10.2 Å². The van der Waals surface area contributed by atoms with E-state index in [1.165, 1.54) is 6.07 Å². The van der Waals surface area contributed by atoms with Crippen molar-refractivity contribution in [1.29, 1.82) is 0 Å². The molecule has 0 heterocycles. The lowest BCUT2D eigenvalue weighted by Crippen LogP contribution is -2.47. The number of methoxy groups -OCH3 is 1. The zero-order chi connectivity index (χ0) is 16.2. The number of benzene rings is 1. The normalized spacial score (nSPS) is 17.2. The van der Waals surface area contributed by atoms with Crippen LogP contribution in [0.5, 0.6) is 0 Å². The van der Waals surface area contributed by atoms with Gasteiger partial charge in [-0.2, -0.15) is 0 Å². The zero-order valence-electron chi connectivity index (χ0n) is 13.9. The summed E-state index contributed by atoms with van der Waals surface area (Å²) < 4.78 is 19.4. The molecule has 1 fully saturated rings. The molecule has 22 heavy (non-hydrogen) atoms. The van der Waals surface area contributed by atoms with Crippen LogP contribution in [0.4, 0.5) is 4.39 Å². The van der Waals surface area contributed by atoms with Crippen LogP contribution in [0.3, 0.4) is 0 Å². The Labute approximate surface area is 132 Å². The van der Waals surface area contributed by atoms with Crippen molar-refractivity contribution in [3.05, 3.63) is 35.6 Å². The second-order valence-electron chi connectivity index (χ2n) is 6.50. The maximum absolute atomic E-state index is 14.0. The van der Waals surface area contributed by atoms with Gasteiger partial charge in [-0.05, 0) is 38.3 Å². The summed E-state index contributed by atoms with van der Waals surface area (Å²) in [5, 5.41) is 6.56. The molecule has 0 saturated heterocycles. The Hall–Kier alpha value is -1.62. The summed E-state index contributed by atoms with van der Waals surface area (Å²) in [6, 6.07) is 7.04. The lowest BCUT2D eigenvalue weighted by molar-refractivity contribution is 0.0268. The van der Waals surface area contributed by atoms with Crippen molar-refractivity contribution in [3.63, 3.8) is 0 Å². The first-order valence-electron chi connectivity index (χ1n) is 7.67. The number of nitrogens with one attached hydrogen (secondary N) is 2. The van der Waals surface area contributed by atoms with Crippen LogP contribution in [0.2, 0.25) is 0 Å². The highest BCUT2D eigenvalue weighted by Gasteiger charge is 2.45. The largest absolute Gasteiger partial charge is 0.377 e. The highest BCUT2D eigenvalue weighted by molar-refractivity contribution is 5.79. The third-order valence-corrected chi connectivity index (χ3v) is 4.35. The third kappa shape index (κ3) is 3.97. The summed E-state index contributed by atoms with van der Waals surface area (Å²) in [7, 11) is 3.42. The van der Waals surface area contributed by atoms with E-state index in [1.807, 2.05) is 26.0 Å². The molecule has 0 radical (unpaired) electrons. The van der Waals surface area contributed by atoms with Crippen molar-refractivity contribution in [2.24, 2.45) is 4.99 Å². The lowest BCUT2D eigenvalue weighted by atomic mass is 9.95. The van der Waals surface area contributed by atoms with Crippen molar-refractivity contribution in [3.8, 4) is 0 Å². The average molecular weight is 307 g/mol. The van der Waals surface area contributed by atoms with Gasteiger partial charge in [0.15, 0.2) is 5.96 Å². The molecule has 1 saturated carbocycles. The molecule has 5 heteroatoms. The monoisotopic (exact) mass is 307 g/mol. The van der Waals surface area contributed by atoms with Crippen LogP contribution in [0.25, 0.3) is 0 Å². The Morgan fingerprint density at radius 2 is 2.00 bits per heavy atom. The van der Waals surface area contributed by atoms with E-state index in [2.05, 4.69) is 15.6 Å². The van der Waals surface area contributed by atoms with E-state index >= 15 is 0 Å². The topological polar surface area (TPSA) is 45.7 Å². The van der Waals surface area contributed by atoms with Crippen LogP contribution in [0.1, 0.15) is 32.3 Å². The van der Waals surface area contributed by atoms with Crippen LogP contribution in [-0.4, -0.2) is 38.8 Å². The summed E-state index contributed by atoms with van der Waals surface area (Å²) in [5.74, 6) is 0.595. The maximum Gasteiger partial charge on any atom is 0.191 e. The molecular formula is C17H26FN3O. The Bertz CT molecular complexity index is 538. The minimum atomic E-state index is -0.263. The molecule has 0 spiro atoms. The number of halogens is 1. The van der Waals surface area contributed by atoms with Gasteiger partial charge >= 0.3 is 0 Å². The first kappa shape index (κ1) is 16.7. The van der Waals surface area contributed by atoms with Gasteiger partial charge in [-0.15, -0.1) is 0 Å². The van der Waals surface area contributed by atoms with Gasteiger partial charge in [-0.25, -0.2) is 4.39 Å². The highest BCUT2D eigenvalue weighted by atomic mass is 19.1. The fourth-order valence-corrected chi connectivity index (χ4v) is 2.43. The van der Waals surface area contributed by atoms with E-state index < -0.39 is 0 Å². The number of ether oxygens (including phenoxy) is 1. The van der Waals surface area contributed by atoms with E-state index in [0.717, 1.165) is 18.4 Å². The molecule has 0 bridgehead atoms. The van der Waals surface area contributed by atoms with Gasteiger partial charge in [0, 0.05) is 32.7 Å². The number of guanidine groups is 1. The third-order valence-electron chi connectivity index (χ3n) is 4.35. The predicted molar refractivity (Wildman–Crippen MR) is 87.8 cm³/mol. The van der Waals surface area contributed by atoms with Gasteiger partial charge in [-0.3, -0.25) is 4.99 Å². The zero-order valence-corrected chi connectivity index (χ0v) is 13.9. The molecule has 1 aromatic rings. The highest BCUT2D eigenvalue weighted by Crippen LogP contribution is 2.48. The van der Waals surface area contributed by atoms with Crippen LogP contribution in [0.15, 0.2) is 29.3 Å². The Morgan fingerprint density at radius 1 is 1.32 bits per heavy atom. The molecule has 0 amide bonds. The van der Waals surface area contributed by atoms with Gasteiger partial charge in [0.25, 0.3) is 0 Å². The van der Waals surface area contributed by atoms with Gasteiger partial charge in [0.2, 0.25) is 0 Å². The molecule has 4 nitrogen and oxygen atoms in total. The second-order valence-corrected chi connectivity index (χ2v) is 6.50. The minimum Gasteiger partial charge on any atom is -0.377 e. The molecular weight excluding hydrogens is 281 g/mol. The quantitative estimate of drug-likeness (QED) is 0.627. The molecule has 2 N–H and O–H groups in total. The Kier molecular flexibility index (Phi) is 5.06. The minimum absolute atomic E-state index is 0.0975. The van der Waals surface area contributed by atoms with E-state index in [-0.39, 0.29) is 16.8 Å². The van der Waals surface area contributed by atoms with Crippen molar-refractivity contribution in [2.75, 3.05) is 27.2 Å². The first-order valence-corrected chi connectivity index (χ1v) is 7.67. The van der Waals surface area contributed by atoms with Crippen molar-refractivity contribution >= 4 is 5.96 Å². The molecule has 122 valence electrons. The molecule has 2 rings (SSSR count). The van der Waals surface area contributed by atoms with Crippen molar-refractivity contribution in [1.82, 2.24) is 10.6 Å². The second kappa shape index (κ2) is 6.65. The van der Waals surface area contributed by atoms with E-state index in [4.69, 9.17) is 4.74 Å². The smallest absolute Gasteiger partial charge is 0.191 e. The van der Waals surface area contributed by atoms with Crippen LogP contribution in [0, 0.1) is 5.82 Å². The van der Waals surface area contributed by atoms with Gasteiger partial charge in [0.1, 0.15) is 5.82 Å². The van der Waals surface area contributed by atoms with E-state index in [0.29, 0.717) is 19.0 Å². The predicted octanol–water partition coefficient (Wildman–Crippen LogP) is 2.45. The van der Waals surface area contributed by atoms with Crippen molar-refractivity contribution < 1.29 is 9.13 Å². The average Bonchev–Trinajstić information content (AvgIpc) is 3.29. The van der Waals surface area contributed by atoms with E-state index in [9.17, 15) is 4.39 Å².